The summed E-state index contributed by atoms with van der Waals surface area (Å²) in [5.41, 5.74) is 0.923. The third kappa shape index (κ3) is 3.69. The van der Waals surface area contributed by atoms with Gasteiger partial charge < -0.3 is 5.32 Å². The Morgan fingerprint density at radius 1 is 1.44 bits per heavy atom. The number of hydrogen-bond donors (Lipinski definition) is 1. The van der Waals surface area contributed by atoms with Crippen LogP contribution in [0.4, 0.5) is 0 Å². The molecule has 0 spiro atoms. The Bertz CT molecular complexity index is 355. The fourth-order valence-electron chi connectivity index (χ4n) is 1.60. The summed E-state index contributed by atoms with van der Waals surface area (Å²) in [7, 11) is 0. The third-order valence-corrected chi connectivity index (χ3v) is 3.02. The van der Waals surface area contributed by atoms with Crippen molar-refractivity contribution in [3.05, 3.63) is 33.8 Å². The summed E-state index contributed by atoms with van der Waals surface area (Å²) in [4.78, 5) is 10.5. The summed E-state index contributed by atoms with van der Waals surface area (Å²) < 4.78 is 0. The molecule has 0 bridgehead atoms. The standard InChI is InChI=1S/C12H15Cl2NO/c1-2-3-4-12(15-8-16)10-6-5-9(13)7-11(10)14/h5-8,12H,2-4H2,1H3,(H,15,16). The minimum atomic E-state index is -0.0257. The van der Waals surface area contributed by atoms with E-state index < -0.39 is 0 Å². The van der Waals surface area contributed by atoms with Gasteiger partial charge in [0.2, 0.25) is 6.41 Å². The van der Waals surface area contributed by atoms with Crippen molar-refractivity contribution in [1.29, 1.82) is 0 Å². The number of amides is 1. The Morgan fingerprint density at radius 3 is 2.75 bits per heavy atom. The third-order valence-electron chi connectivity index (χ3n) is 2.45. The van der Waals surface area contributed by atoms with E-state index in [1.165, 1.54) is 0 Å². The number of unbranched alkanes of at least 4 members (excludes halogenated alkanes) is 1. The second-order valence-corrected chi connectivity index (χ2v) is 4.49. The number of hydrogen-bond acceptors (Lipinski definition) is 1. The van der Waals surface area contributed by atoms with Crippen molar-refractivity contribution >= 4 is 29.6 Å². The van der Waals surface area contributed by atoms with Crippen LogP contribution in [0.15, 0.2) is 18.2 Å². The largest absolute Gasteiger partial charge is 0.352 e. The summed E-state index contributed by atoms with van der Waals surface area (Å²) in [5.74, 6) is 0. The van der Waals surface area contributed by atoms with Crippen LogP contribution in [-0.4, -0.2) is 6.41 Å². The second-order valence-electron chi connectivity index (χ2n) is 3.65. The molecule has 0 aromatic heterocycles. The summed E-state index contributed by atoms with van der Waals surface area (Å²) >= 11 is 11.9. The van der Waals surface area contributed by atoms with Gasteiger partial charge in [-0.1, -0.05) is 49.0 Å². The Balaban J connectivity index is 2.86. The Morgan fingerprint density at radius 2 is 2.19 bits per heavy atom. The molecule has 1 aromatic carbocycles. The molecule has 0 saturated carbocycles. The molecule has 0 heterocycles. The van der Waals surface area contributed by atoms with Gasteiger partial charge in [0.25, 0.3) is 0 Å². The smallest absolute Gasteiger partial charge is 0.207 e. The highest BCUT2D eigenvalue weighted by Crippen LogP contribution is 2.28. The van der Waals surface area contributed by atoms with Gasteiger partial charge in [-0.15, -0.1) is 0 Å². The van der Waals surface area contributed by atoms with Gasteiger partial charge >= 0.3 is 0 Å². The predicted molar refractivity (Wildman–Crippen MR) is 67.9 cm³/mol. The average Bonchev–Trinajstić information content (AvgIpc) is 2.25. The van der Waals surface area contributed by atoms with E-state index in [1.54, 1.807) is 12.1 Å². The van der Waals surface area contributed by atoms with Crippen molar-refractivity contribution in [3.8, 4) is 0 Å². The van der Waals surface area contributed by atoms with Crippen LogP contribution in [-0.2, 0) is 4.79 Å². The summed E-state index contributed by atoms with van der Waals surface area (Å²) in [5, 5.41) is 3.99. The van der Waals surface area contributed by atoms with E-state index in [0.29, 0.717) is 16.5 Å². The first-order valence-electron chi connectivity index (χ1n) is 5.33. The van der Waals surface area contributed by atoms with Crippen molar-refractivity contribution in [3.63, 3.8) is 0 Å². The number of halogens is 2. The summed E-state index contributed by atoms with van der Waals surface area (Å²) in [6.45, 7) is 2.11. The molecule has 1 rings (SSSR count). The average molecular weight is 260 g/mol. The number of carbonyl (C=O) groups excluding carboxylic acids is 1. The first kappa shape index (κ1) is 13.3. The first-order valence-corrected chi connectivity index (χ1v) is 6.09. The highest BCUT2D eigenvalue weighted by atomic mass is 35.5. The van der Waals surface area contributed by atoms with Crippen LogP contribution in [0.3, 0.4) is 0 Å². The number of carbonyl (C=O) groups is 1. The summed E-state index contributed by atoms with van der Waals surface area (Å²) in [6, 6.07) is 5.32. The molecule has 0 aliphatic rings. The van der Waals surface area contributed by atoms with Gasteiger partial charge in [0.15, 0.2) is 0 Å². The topological polar surface area (TPSA) is 29.1 Å². The fraction of sp³-hybridized carbons (Fsp3) is 0.417. The van der Waals surface area contributed by atoms with Gasteiger partial charge in [0.1, 0.15) is 0 Å². The van der Waals surface area contributed by atoms with E-state index in [-0.39, 0.29) is 6.04 Å². The van der Waals surface area contributed by atoms with E-state index in [2.05, 4.69) is 12.2 Å². The predicted octanol–water partition coefficient (Wildman–Crippen LogP) is 3.97. The molecule has 0 radical (unpaired) electrons. The van der Waals surface area contributed by atoms with Crippen LogP contribution < -0.4 is 5.32 Å². The molecule has 0 aliphatic carbocycles. The lowest BCUT2D eigenvalue weighted by atomic mass is 10.0. The molecule has 88 valence electrons. The Labute approximate surface area is 106 Å². The number of benzene rings is 1. The van der Waals surface area contributed by atoms with Crippen LogP contribution in [0.5, 0.6) is 0 Å². The zero-order valence-electron chi connectivity index (χ0n) is 9.17. The molecular weight excluding hydrogens is 245 g/mol. The zero-order chi connectivity index (χ0) is 12.0. The number of nitrogens with one attached hydrogen (secondary N) is 1. The normalized spacial score (nSPS) is 12.2. The van der Waals surface area contributed by atoms with Crippen molar-refractivity contribution < 1.29 is 4.79 Å². The summed E-state index contributed by atoms with van der Waals surface area (Å²) in [6.07, 6.45) is 3.73. The molecule has 1 N–H and O–H groups in total. The van der Waals surface area contributed by atoms with E-state index >= 15 is 0 Å². The van der Waals surface area contributed by atoms with E-state index in [4.69, 9.17) is 23.2 Å². The quantitative estimate of drug-likeness (QED) is 0.770. The maximum absolute atomic E-state index is 10.5. The Kier molecular flexibility index (Phi) is 5.64. The molecule has 0 aliphatic heterocycles. The first-order chi connectivity index (χ1) is 7.69. The lowest BCUT2D eigenvalue weighted by molar-refractivity contribution is -0.110. The monoisotopic (exact) mass is 259 g/mol. The van der Waals surface area contributed by atoms with Gasteiger partial charge in [-0.05, 0) is 24.1 Å². The minimum Gasteiger partial charge on any atom is -0.352 e. The zero-order valence-corrected chi connectivity index (χ0v) is 10.7. The molecule has 4 heteroatoms. The van der Waals surface area contributed by atoms with Crippen LogP contribution in [0, 0.1) is 0 Å². The highest BCUT2D eigenvalue weighted by Gasteiger charge is 2.13. The van der Waals surface area contributed by atoms with Crippen molar-refractivity contribution in [2.75, 3.05) is 0 Å². The molecule has 1 atom stereocenters. The molecule has 2 nitrogen and oxygen atoms in total. The maximum atomic E-state index is 10.5. The van der Waals surface area contributed by atoms with Gasteiger partial charge in [0, 0.05) is 10.0 Å². The Hall–Kier alpha value is -0.730. The fourth-order valence-corrected chi connectivity index (χ4v) is 2.14. The van der Waals surface area contributed by atoms with E-state index in [0.717, 1.165) is 24.8 Å². The van der Waals surface area contributed by atoms with Crippen LogP contribution >= 0.6 is 23.2 Å². The number of rotatable bonds is 6. The lowest BCUT2D eigenvalue weighted by Gasteiger charge is -2.17. The minimum absolute atomic E-state index is 0.0257. The van der Waals surface area contributed by atoms with Gasteiger partial charge in [-0.25, -0.2) is 0 Å². The van der Waals surface area contributed by atoms with Crippen molar-refractivity contribution in [2.24, 2.45) is 0 Å². The SMILES string of the molecule is CCCCC(NC=O)c1ccc(Cl)cc1Cl. The molecule has 16 heavy (non-hydrogen) atoms. The maximum Gasteiger partial charge on any atom is 0.207 e. The van der Waals surface area contributed by atoms with Crippen molar-refractivity contribution in [1.82, 2.24) is 5.32 Å². The lowest BCUT2D eigenvalue weighted by Crippen LogP contribution is -2.19. The van der Waals surface area contributed by atoms with Crippen LogP contribution in [0.1, 0.15) is 37.8 Å². The van der Waals surface area contributed by atoms with Crippen LogP contribution in [0.2, 0.25) is 10.0 Å². The second kappa shape index (κ2) is 6.77. The molecule has 0 fully saturated rings. The molecule has 0 saturated heterocycles. The van der Waals surface area contributed by atoms with Gasteiger partial charge in [-0.2, -0.15) is 0 Å². The van der Waals surface area contributed by atoms with E-state index in [9.17, 15) is 4.79 Å². The van der Waals surface area contributed by atoms with Crippen LogP contribution in [0.25, 0.3) is 0 Å². The van der Waals surface area contributed by atoms with Crippen molar-refractivity contribution in [2.45, 2.75) is 32.2 Å². The highest BCUT2D eigenvalue weighted by molar-refractivity contribution is 6.35. The van der Waals surface area contributed by atoms with E-state index in [1.807, 2.05) is 6.07 Å². The van der Waals surface area contributed by atoms with Gasteiger partial charge in [0.05, 0.1) is 6.04 Å². The molecule has 1 amide bonds. The molecule has 1 unspecified atom stereocenters. The molecule has 1 aromatic rings. The molecular formula is C12H15Cl2NO. The van der Waals surface area contributed by atoms with Gasteiger partial charge in [-0.3, -0.25) is 4.79 Å².